The normalized spacial score (nSPS) is 14.4. The van der Waals surface area contributed by atoms with Crippen LogP contribution in [0, 0.1) is 0 Å². The highest BCUT2D eigenvalue weighted by molar-refractivity contribution is 7.85. The minimum absolute atomic E-state index is 0.715. The Morgan fingerprint density at radius 2 is 1.32 bits per heavy atom. The average molecular weight is 360 g/mol. The number of hydrogen-bond donors (Lipinski definition) is 1. The molecule has 0 unspecified atom stereocenters. The van der Waals surface area contributed by atoms with E-state index in [1.807, 2.05) is 0 Å². The summed E-state index contributed by atoms with van der Waals surface area (Å²) >= 11 is 0. The molecule has 0 aliphatic carbocycles. The van der Waals surface area contributed by atoms with Gasteiger partial charge in [-0.2, -0.15) is 8.42 Å². The Labute approximate surface area is 150 Å². The van der Waals surface area contributed by atoms with Crippen molar-refractivity contribution in [1.82, 2.24) is 9.80 Å². The highest BCUT2D eigenvalue weighted by Crippen LogP contribution is 2.36. The SMILES string of the molecule is CCN1CN(C)C(c2ccccc2)=C1c1ccccc1.CS(=O)(=O)O. The Balaban J connectivity index is 0.000000399. The molecule has 0 radical (unpaired) electrons. The van der Waals surface area contributed by atoms with Crippen LogP contribution in [-0.2, 0) is 10.1 Å². The Morgan fingerprint density at radius 1 is 0.920 bits per heavy atom. The molecule has 0 amide bonds. The lowest BCUT2D eigenvalue weighted by Crippen LogP contribution is -2.24. The summed E-state index contributed by atoms with van der Waals surface area (Å²) < 4.78 is 25.9. The molecule has 25 heavy (non-hydrogen) atoms. The van der Waals surface area contributed by atoms with Crippen molar-refractivity contribution in [2.45, 2.75) is 6.92 Å². The van der Waals surface area contributed by atoms with Gasteiger partial charge in [-0.1, -0.05) is 60.7 Å². The van der Waals surface area contributed by atoms with E-state index in [1.165, 1.54) is 22.5 Å². The molecule has 0 bridgehead atoms. The highest BCUT2D eigenvalue weighted by atomic mass is 32.2. The van der Waals surface area contributed by atoms with Gasteiger partial charge in [0, 0.05) is 13.6 Å². The summed E-state index contributed by atoms with van der Waals surface area (Å²) in [7, 11) is -1.50. The second kappa shape index (κ2) is 8.18. The maximum Gasteiger partial charge on any atom is 0.261 e. The van der Waals surface area contributed by atoms with E-state index >= 15 is 0 Å². The van der Waals surface area contributed by atoms with Crippen LogP contribution >= 0.6 is 0 Å². The van der Waals surface area contributed by atoms with Crippen molar-refractivity contribution < 1.29 is 13.0 Å². The van der Waals surface area contributed by atoms with Crippen molar-refractivity contribution in [3.8, 4) is 0 Å². The van der Waals surface area contributed by atoms with Gasteiger partial charge in [0.25, 0.3) is 10.1 Å². The van der Waals surface area contributed by atoms with Crippen LogP contribution < -0.4 is 0 Å². The number of nitrogens with zero attached hydrogens (tertiary/aromatic N) is 2. The molecule has 1 heterocycles. The standard InChI is InChI=1S/C18H20N2.CH4O3S/c1-3-20-14-19(2)17(15-10-6-4-7-11-15)18(20)16-12-8-5-9-13-16;1-5(2,3)4/h4-13H,3,14H2,1-2H3;1H3,(H,2,3,4). The third-order valence-corrected chi connectivity index (χ3v) is 3.78. The molecule has 1 N–H and O–H groups in total. The van der Waals surface area contributed by atoms with Crippen LogP contribution in [-0.4, -0.2) is 49.3 Å². The molecule has 0 aromatic heterocycles. The van der Waals surface area contributed by atoms with Crippen LogP contribution in [0.3, 0.4) is 0 Å². The van der Waals surface area contributed by atoms with E-state index in [4.69, 9.17) is 4.55 Å². The maximum atomic E-state index is 9.19. The van der Waals surface area contributed by atoms with Gasteiger partial charge in [-0.05, 0) is 18.1 Å². The fraction of sp³-hybridized carbons (Fsp3) is 0.263. The second-order valence-corrected chi connectivity index (χ2v) is 7.32. The fourth-order valence-corrected chi connectivity index (χ4v) is 2.85. The minimum Gasteiger partial charge on any atom is -0.355 e. The molecule has 2 aromatic carbocycles. The predicted octanol–water partition coefficient (Wildman–Crippen LogP) is 3.24. The van der Waals surface area contributed by atoms with Gasteiger partial charge in [-0.3, -0.25) is 4.55 Å². The fourth-order valence-electron chi connectivity index (χ4n) is 2.85. The van der Waals surface area contributed by atoms with Gasteiger partial charge >= 0.3 is 0 Å². The van der Waals surface area contributed by atoms with Crippen LogP contribution in [0.15, 0.2) is 60.7 Å². The molecule has 0 spiro atoms. The lowest BCUT2D eigenvalue weighted by molar-refractivity contribution is 0.323. The van der Waals surface area contributed by atoms with Crippen molar-refractivity contribution in [1.29, 1.82) is 0 Å². The summed E-state index contributed by atoms with van der Waals surface area (Å²) in [6, 6.07) is 21.3. The average Bonchev–Trinajstić information content (AvgIpc) is 2.91. The van der Waals surface area contributed by atoms with Crippen LogP contribution in [0.25, 0.3) is 11.4 Å². The lowest BCUT2D eigenvalue weighted by Gasteiger charge is -2.20. The summed E-state index contributed by atoms with van der Waals surface area (Å²) in [6.07, 6.45) is 0.715. The molecule has 1 aliphatic rings. The zero-order chi connectivity index (χ0) is 18.4. The zero-order valence-electron chi connectivity index (χ0n) is 14.8. The van der Waals surface area contributed by atoms with Crippen molar-refractivity contribution >= 4 is 21.5 Å². The lowest BCUT2D eigenvalue weighted by atomic mass is 10.0. The molecule has 6 heteroatoms. The molecule has 0 saturated heterocycles. The topological polar surface area (TPSA) is 60.9 Å². The highest BCUT2D eigenvalue weighted by Gasteiger charge is 2.27. The predicted molar refractivity (Wildman–Crippen MR) is 102 cm³/mol. The summed E-state index contributed by atoms with van der Waals surface area (Å²) in [6.45, 7) is 4.18. The maximum absolute atomic E-state index is 9.19. The molecule has 0 fully saturated rings. The summed E-state index contributed by atoms with van der Waals surface area (Å²) in [5.74, 6) is 0. The van der Waals surface area contributed by atoms with Crippen LogP contribution in [0.5, 0.6) is 0 Å². The summed E-state index contributed by atoms with van der Waals surface area (Å²) in [5.41, 5.74) is 5.22. The molecular weight excluding hydrogens is 336 g/mol. The summed E-state index contributed by atoms with van der Waals surface area (Å²) in [5, 5.41) is 0. The molecule has 0 saturated carbocycles. The first-order valence-electron chi connectivity index (χ1n) is 8.05. The largest absolute Gasteiger partial charge is 0.355 e. The van der Waals surface area contributed by atoms with Crippen molar-refractivity contribution in [3.05, 3.63) is 71.8 Å². The van der Waals surface area contributed by atoms with E-state index < -0.39 is 10.1 Å². The van der Waals surface area contributed by atoms with Crippen LogP contribution in [0.4, 0.5) is 0 Å². The Hall–Kier alpha value is -2.31. The van der Waals surface area contributed by atoms with E-state index in [1.54, 1.807) is 0 Å². The first-order valence-corrected chi connectivity index (χ1v) is 9.89. The van der Waals surface area contributed by atoms with Crippen molar-refractivity contribution in [2.75, 3.05) is 26.5 Å². The van der Waals surface area contributed by atoms with E-state index in [0.717, 1.165) is 13.2 Å². The third-order valence-electron chi connectivity index (χ3n) is 3.78. The van der Waals surface area contributed by atoms with E-state index in [9.17, 15) is 8.42 Å². The van der Waals surface area contributed by atoms with Gasteiger partial charge < -0.3 is 9.80 Å². The molecule has 1 aliphatic heterocycles. The van der Waals surface area contributed by atoms with Gasteiger partial charge in [0.2, 0.25) is 0 Å². The second-order valence-electron chi connectivity index (χ2n) is 5.86. The monoisotopic (exact) mass is 360 g/mol. The van der Waals surface area contributed by atoms with Gasteiger partial charge in [0.05, 0.1) is 24.3 Å². The molecule has 2 aromatic rings. The van der Waals surface area contributed by atoms with Gasteiger partial charge in [-0.25, -0.2) is 0 Å². The molecule has 134 valence electrons. The van der Waals surface area contributed by atoms with Crippen LogP contribution in [0.1, 0.15) is 18.1 Å². The van der Waals surface area contributed by atoms with Gasteiger partial charge in [-0.15, -0.1) is 0 Å². The van der Waals surface area contributed by atoms with Gasteiger partial charge in [0.15, 0.2) is 0 Å². The van der Waals surface area contributed by atoms with E-state index in [0.29, 0.717) is 6.26 Å². The molecular formula is C19H24N2O3S. The smallest absolute Gasteiger partial charge is 0.261 e. The Morgan fingerprint density at radius 3 is 1.72 bits per heavy atom. The quantitative estimate of drug-likeness (QED) is 0.852. The van der Waals surface area contributed by atoms with Crippen LogP contribution in [0.2, 0.25) is 0 Å². The van der Waals surface area contributed by atoms with Crippen molar-refractivity contribution in [3.63, 3.8) is 0 Å². The van der Waals surface area contributed by atoms with E-state index in [-0.39, 0.29) is 0 Å². The zero-order valence-corrected chi connectivity index (χ0v) is 15.6. The number of benzene rings is 2. The number of hydrogen-bond acceptors (Lipinski definition) is 4. The van der Waals surface area contributed by atoms with Crippen molar-refractivity contribution in [2.24, 2.45) is 0 Å². The van der Waals surface area contributed by atoms with E-state index in [2.05, 4.69) is 84.4 Å². The Bertz CT molecular complexity index is 810. The Kier molecular flexibility index (Phi) is 6.22. The first-order chi connectivity index (χ1) is 11.8. The first kappa shape index (κ1) is 19.0. The number of rotatable bonds is 3. The molecule has 3 rings (SSSR count). The summed E-state index contributed by atoms with van der Waals surface area (Å²) in [4.78, 5) is 4.76. The molecule has 5 nitrogen and oxygen atoms in total. The third kappa shape index (κ3) is 5.34. The molecule has 0 atom stereocenters. The van der Waals surface area contributed by atoms with Gasteiger partial charge in [0.1, 0.15) is 0 Å². The minimum atomic E-state index is -3.67.